The van der Waals surface area contributed by atoms with Crippen LogP contribution in [0.1, 0.15) is 21.6 Å². The van der Waals surface area contributed by atoms with Crippen molar-refractivity contribution in [3.05, 3.63) is 89.5 Å². The third-order valence-corrected chi connectivity index (χ3v) is 4.11. The second-order valence-electron chi connectivity index (χ2n) is 5.34. The number of para-hydroxylation sites is 1. The second kappa shape index (κ2) is 4.56. The largest absolute Gasteiger partial charge is 0.363 e. The summed E-state index contributed by atoms with van der Waals surface area (Å²) in [6.07, 6.45) is 1.78. The molecule has 2 aromatic carbocycles. The van der Waals surface area contributed by atoms with Gasteiger partial charge < -0.3 is 10.3 Å². The molecule has 2 N–H and O–H groups in total. The molecule has 2 heterocycles. The summed E-state index contributed by atoms with van der Waals surface area (Å²) in [5.74, 6) is -0.370. The van der Waals surface area contributed by atoms with E-state index in [1.54, 1.807) is 24.4 Å². The number of hydrogen-bond acceptors (Lipinski definition) is 2. The molecular formula is C18H13FN2O. The summed E-state index contributed by atoms with van der Waals surface area (Å²) in [5.41, 5.74) is 1.83. The van der Waals surface area contributed by atoms with E-state index in [4.69, 9.17) is 0 Å². The Morgan fingerprint density at radius 2 is 1.68 bits per heavy atom. The molecular weight excluding hydrogens is 279 g/mol. The lowest BCUT2D eigenvalue weighted by atomic mass is 9.83. The highest BCUT2D eigenvalue weighted by atomic mass is 19.1. The van der Waals surface area contributed by atoms with Crippen LogP contribution in [0.15, 0.2) is 66.9 Å². The molecule has 1 aliphatic heterocycles. The molecule has 108 valence electrons. The maximum atomic E-state index is 13.3. The van der Waals surface area contributed by atoms with E-state index in [9.17, 15) is 9.18 Å². The first-order valence-electron chi connectivity index (χ1n) is 7.04. The first kappa shape index (κ1) is 12.8. The zero-order chi connectivity index (χ0) is 15.2. The minimum atomic E-state index is -1.04. The highest BCUT2D eigenvalue weighted by Gasteiger charge is 2.48. The van der Waals surface area contributed by atoms with Gasteiger partial charge in [-0.3, -0.25) is 4.79 Å². The maximum absolute atomic E-state index is 13.3. The van der Waals surface area contributed by atoms with Gasteiger partial charge in [0, 0.05) is 17.4 Å². The number of fused-ring (bicyclic) bond motifs is 1. The van der Waals surface area contributed by atoms with E-state index < -0.39 is 5.54 Å². The lowest BCUT2D eigenvalue weighted by Gasteiger charge is -2.28. The highest BCUT2D eigenvalue weighted by Crippen LogP contribution is 2.43. The number of halogens is 1. The summed E-state index contributed by atoms with van der Waals surface area (Å²) in [6, 6.07) is 17.2. The molecule has 0 radical (unpaired) electrons. The van der Waals surface area contributed by atoms with E-state index in [0.717, 1.165) is 11.4 Å². The molecule has 0 bridgehead atoms. The van der Waals surface area contributed by atoms with Crippen LogP contribution in [0.3, 0.4) is 0 Å². The number of H-pyrrole nitrogens is 1. The van der Waals surface area contributed by atoms with Gasteiger partial charge >= 0.3 is 0 Å². The number of carbonyl (C=O) groups is 1. The van der Waals surface area contributed by atoms with Crippen molar-refractivity contribution in [2.75, 3.05) is 5.32 Å². The molecule has 0 saturated carbocycles. The Kier molecular flexibility index (Phi) is 2.66. The fourth-order valence-corrected chi connectivity index (χ4v) is 3.06. The van der Waals surface area contributed by atoms with E-state index in [1.165, 1.54) is 12.1 Å². The number of hydrogen-bond donors (Lipinski definition) is 2. The Hall–Kier alpha value is -2.88. The Labute approximate surface area is 126 Å². The van der Waals surface area contributed by atoms with E-state index >= 15 is 0 Å². The number of carbonyl (C=O) groups excluding carboxylic acids is 1. The number of aromatic nitrogens is 1. The van der Waals surface area contributed by atoms with Gasteiger partial charge in [-0.05, 0) is 42.0 Å². The van der Waals surface area contributed by atoms with Crippen molar-refractivity contribution in [1.29, 1.82) is 0 Å². The third-order valence-electron chi connectivity index (χ3n) is 4.11. The number of anilines is 1. The Bertz CT molecular complexity index is 840. The summed E-state index contributed by atoms with van der Waals surface area (Å²) < 4.78 is 13.3. The van der Waals surface area contributed by atoms with E-state index in [2.05, 4.69) is 10.3 Å². The van der Waals surface area contributed by atoms with Crippen LogP contribution in [-0.2, 0) is 5.54 Å². The van der Waals surface area contributed by atoms with Crippen molar-refractivity contribution in [2.24, 2.45) is 0 Å². The number of benzene rings is 2. The van der Waals surface area contributed by atoms with Crippen molar-refractivity contribution in [2.45, 2.75) is 5.54 Å². The second-order valence-corrected chi connectivity index (χ2v) is 5.34. The summed E-state index contributed by atoms with van der Waals surface area (Å²) in [7, 11) is 0. The van der Waals surface area contributed by atoms with Crippen molar-refractivity contribution < 1.29 is 9.18 Å². The molecule has 1 aliphatic rings. The molecule has 3 nitrogen and oxygen atoms in total. The van der Waals surface area contributed by atoms with Gasteiger partial charge in [0.15, 0.2) is 5.54 Å². The van der Waals surface area contributed by atoms with Crippen molar-refractivity contribution in [3.8, 4) is 0 Å². The predicted octanol–water partition coefficient (Wildman–Crippen LogP) is 3.71. The average Bonchev–Trinajstić information content (AvgIpc) is 3.16. The number of aromatic amines is 1. The van der Waals surface area contributed by atoms with Gasteiger partial charge in [-0.15, -0.1) is 0 Å². The van der Waals surface area contributed by atoms with E-state index in [0.29, 0.717) is 11.1 Å². The Morgan fingerprint density at radius 3 is 2.36 bits per heavy atom. The first-order chi connectivity index (χ1) is 10.7. The van der Waals surface area contributed by atoms with E-state index in [-0.39, 0.29) is 11.6 Å². The molecule has 4 rings (SSSR count). The minimum Gasteiger partial charge on any atom is -0.363 e. The molecule has 0 saturated heterocycles. The normalized spacial score (nSPS) is 19.8. The van der Waals surface area contributed by atoms with Gasteiger partial charge in [0.25, 0.3) is 0 Å². The van der Waals surface area contributed by atoms with Gasteiger partial charge in [-0.2, -0.15) is 0 Å². The number of nitrogens with one attached hydrogen (secondary N) is 2. The lowest BCUT2D eigenvalue weighted by molar-refractivity contribution is 0.0939. The quantitative estimate of drug-likeness (QED) is 0.756. The summed E-state index contributed by atoms with van der Waals surface area (Å²) in [6.45, 7) is 0. The van der Waals surface area contributed by atoms with Crippen LogP contribution in [0.2, 0.25) is 0 Å². The van der Waals surface area contributed by atoms with Gasteiger partial charge in [0.1, 0.15) is 5.82 Å². The molecule has 4 heteroatoms. The number of rotatable bonds is 2. The van der Waals surface area contributed by atoms with Crippen LogP contribution in [0.5, 0.6) is 0 Å². The zero-order valence-electron chi connectivity index (χ0n) is 11.6. The molecule has 0 unspecified atom stereocenters. The number of ketones is 1. The van der Waals surface area contributed by atoms with Gasteiger partial charge in [0.05, 0.1) is 5.69 Å². The lowest BCUT2D eigenvalue weighted by Crippen LogP contribution is -2.40. The predicted molar refractivity (Wildman–Crippen MR) is 82.4 cm³/mol. The SMILES string of the molecule is O=C1c2ccccc2N[C@]1(c1ccc(F)cc1)c1ccc[nH]1. The molecule has 1 aromatic heterocycles. The topological polar surface area (TPSA) is 44.9 Å². The fourth-order valence-electron chi connectivity index (χ4n) is 3.06. The van der Waals surface area contributed by atoms with Gasteiger partial charge in [0.2, 0.25) is 5.78 Å². The number of Topliss-reactive ketones (excluding diaryl/α,β-unsaturated/α-hetero) is 1. The first-order valence-corrected chi connectivity index (χ1v) is 7.04. The maximum Gasteiger partial charge on any atom is 0.200 e. The van der Waals surface area contributed by atoms with Crippen LogP contribution in [-0.4, -0.2) is 10.8 Å². The van der Waals surface area contributed by atoms with Crippen molar-refractivity contribution in [1.82, 2.24) is 4.98 Å². The van der Waals surface area contributed by atoms with Crippen molar-refractivity contribution >= 4 is 11.5 Å². The Balaban J connectivity index is 1.97. The molecule has 22 heavy (non-hydrogen) atoms. The average molecular weight is 292 g/mol. The fraction of sp³-hybridized carbons (Fsp3) is 0.0556. The van der Waals surface area contributed by atoms with Crippen molar-refractivity contribution in [3.63, 3.8) is 0 Å². The summed E-state index contributed by atoms with van der Waals surface area (Å²) in [5, 5.41) is 3.33. The van der Waals surface area contributed by atoms with Gasteiger partial charge in [-0.1, -0.05) is 24.3 Å². The molecule has 3 aromatic rings. The monoisotopic (exact) mass is 292 g/mol. The Morgan fingerprint density at radius 1 is 0.909 bits per heavy atom. The molecule has 0 amide bonds. The standard InChI is InChI=1S/C18H13FN2O/c19-13-9-7-12(8-10-13)18(16-6-3-11-20-16)17(22)14-4-1-2-5-15(14)21-18/h1-11,20-21H/t18-/m1/s1. The van der Waals surface area contributed by atoms with Crippen LogP contribution < -0.4 is 5.32 Å². The van der Waals surface area contributed by atoms with E-state index in [1.807, 2.05) is 30.3 Å². The molecule has 0 fully saturated rings. The van der Waals surface area contributed by atoms with Crippen LogP contribution in [0.25, 0.3) is 0 Å². The van der Waals surface area contributed by atoms with Crippen LogP contribution in [0, 0.1) is 5.82 Å². The molecule has 1 atom stereocenters. The van der Waals surface area contributed by atoms with Crippen LogP contribution >= 0.6 is 0 Å². The summed E-state index contributed by atoms with van der Waals surface area (Å²) in [4.78, 5) is 16.2. The zero-order valence-corrected chi connectivity index (χ0v) is 11.6. The summed E-state index contributed by atoms with van der Waals surface area (Å²) >= 11 is 0. The third kappa shape index (κ3) is 1.64. The smallest absolute Gasteiger partial charge is 0.200 e. The van der Waals surface area contributed by atoms with Crippen LogP contribution in [0.4, 0.5) is 10.1 Å². The highest BCUT2D eigenvalue weighted by molar-refractivity contribution is 6.15. The molecule has 0 aliphatic carbocycles. The molecule has 0 spiro atoms. The van der Waals surface area contributed by atoms with Gasteiger partial charge in [-0.25, -0.2) is 4.39 Å². The minimum absolute atomic E-state index is 0.0443.